The van der Waals surface area contributed by atoms with Crippen LogP contribution in [-0.2, 0) is 29.2 Å². The number of halogens is 1. The van der Waals surface area contributed by atoms with E-state index in [9.17, 15) is 0 Å². The number of hydrogen-bond acceptors (Lipinski definition) is 4. The van der Waals surface area contributed by atoms with E-state index in [-0.39, 0.29) is 24.0 Å². The van der Waals surface area contributed by atoms with Crippen molar-refractivity contribution in [3.8, 4) is 0 Å². The fourth-order valence-electron chi connectivity index (χ4n) is 2.36. The topological polar surface area (TPSA) is 67.8 Å². The number of hydrogen-bond donors (Lipinski definition) is 2. The van der Waals surface area contributed by atoms with Gasteiger partial charge in [-0.25, -0.2) is 0 Å². The number of nitrogens with one attached hydrogen (secondary N) is 2. The van der Waals surface area contributed by atoms with E-state index >= 15 is 0 Å². The number of nitrogens with zero attached hydrogens (tertiary/aromatic N) is 2. The number of rotatable bonds is 10. The molecule has 0 atom stereocenters. The molecule has 2 rings (SSSR count). The van der Waals surface area contributed by atoms with Crippen LogP contribution in [0.15, 0.2) is 53.7 Å². The summed E-state index contributed by atoms with van der Waals surface area (Å²) >= 11 is 0. The van der Waals surface area contributed by atoms with Crippen LogP contribution in [0.2, 0.25) is 0 Å². The lowest BCUT2D eigenvalue weighted by atomic mass is 10.1. The van der Waals surface area contributed by atoms with E-state index in [2.05, 4.69) is 38.8 Å². The molecule has 0 aliphatic rings. The summed E-state index contributed by atoms with van der Waals surface area (Å²) in [6.45, 7) is 5.86. The van der Waals surface area contributed by atoms with Gasteiger partial charge in [0.2, 0.25) is 0 Å². The standard InChI is InChI=1S/C20H28N4O2.HI/c1-3-25-11-12-26-16-18-8-6-7-17(13-18)14-23-20(21-2)24-15-19-9-4-5-10-22-19;/h4-10,13H,3,11-12,14-16H2,1-2H3,(H2,21,23,24);1H. The molecule has 1 heterocycles. The number of pyridine rings is 1. The van der Waals surface area contributed by atoms with Crippen LogP contribution in [0.4, 0.5) is 0 Å². The molecule has 1 aromatic heterocycles. The maximum atomic E-state index is 5.62. The summed E-state index contributed by atoms with van der Waals surface area (Å²) in [6.07, 6.45) is 1.79. The van der Waals surface area contributed by atoms with Crippen molar-refractivity contribution < 1.29 is 9.47 Å². The molecular formula is C20H29IN4O2. The number of aliphatic imine (C=N–C) groups is 1. The molecule has 0 bridgehead atoms. The molecular weight excluding hydrogens is 455 g/mol. The Hall–Kier alpha value is -1.71. The summed E-state index contributed by atoms with van der Waals surface area (Å²) in [5.74, 6) is 0.744. The molecule has 27 heavy (non-hydrogen) atoms. The minimum atomic E-state index is 0. The van der Waals surface area contributed by atoms with Gasteiger partial charge in [0.25, 0.3) is 0 Å². The lowest BCUT2D eigenvalue weighted by molar-refractivity contribution is 0.0453. The first-order valence-corrected chi connectivity index (χ1v) is 8.89. The summed E-state index contributed by atoms with van der Waals surface area (Å²) < 4.78 is 10.9. The molecule has 2 N–H and O–H groups in total. The first kappa shape index (κ1) is 23.3. The minimum absolute atomic E-state index is 0. The zero-order valence-electron chi connectivity index (χ0n) is 16.0. The van der Waals surface area contributed by atoms with Crippen molar-refractivity contribution >= 4 is 29.9 Å². The van der Waals surface area contributed by atoms with Gasteiger partial charge in [0.1, 0.15) is 0 Å². The Morgan fingerprint density at radius 2 is 1.78 bits per heavy atom. The quantitative estimate of drug-likeness (QED) is 0.235. The van der Waals surface area contributed by atoms with E-state index < -0.39 is 0 Å². The highest BCUT2D eigenvalue weighted by Crippen LogP contribution is 2.06. The van der Waals surface area contributed by atoms with Crippen molar-refractivity contribution in [2.24, 2.45) is 4.99 Å². The van der Waals surface area contributed by atoms with Gasteiger partial charge in [0.15, 0.2) is 5.96 Å². The third-order valence-corrected chi connectivity index (χ3v) is 3.68. The Bertz CT molecular complexity index is 668. The lowest BCUT2D eigenvalue weighted by Crippen LogP contribution is -2.36. The second-order valence-corrected chi connectivity index (χ2v) is 5.67. The van der Waals surface area contributed by atoms with Gasteiger partial charge in [-0.05, 0) is 30.2 Å². The number of aromatic nitrogens is 1. The number of ether oxygens (including phenoxy) is 2. The second kappa shape index (κ2) is 14.4. The highest BCUT2D eigenvalue weighted by Gasteiger charge is 2.01. The zero-order valence-corrected chi connectivity index (χ0v) is 18.3. The van der Waals surface area contributed by atoms with Crippen LogP contribution in [-0.4, -0.2) is 37.8 Å². The van der Waals surface area contributed by atoms with Crippen LogP contribution in [0.1, 0.15) is 23.7 Å². The van der Waals surface area contributed by atoms with Crippen LogP contribution in [0, 0.1) is 0 Å². The van der Waals surface area contributed by atoms with Gasteiger partial charge in [-0.1, -0.05) is 30.3 Å². The van der Waals surface area contributed by atoms with E-state index in [0.717, 1.165) is 23.8 Å². The van der Waals surface area contributed by atoms with Gasteiger partial charge in [0, 0.05) is 26.4 Å². The molecule has 6 nitrogen and oxygen atoms in total. The van der Waals surface area contributed by atoms with E-state index in [1.807, 2.05) is 31.2 Å². The Morgan fingerprint density at radius 1 is 1.00 bits per heavy atom. The largest absolute Gasteiger partial charge is 0.379 e. The molecule has 0 aliphatic heterocycles. The van der Waals surface area contributed by atoms with Gasteiger partial charge in [-0.3, -0.25) is 9.98 Å². The molecule has 0 aliphatic carbocycles. The first-order chi connectivity index (χ1) is 12.8. The van der Waals surface area contributed by atoms with Gasteiger partial charge in [0.05, 0.1) is 32.1 Å². The second-order valence-electron chi connectivity index (χ2n) is 5.67. The Morgan fingerprint density at radius 3 is 2.52 bits per heavy atom. The molecule has 0 spiro atoms. The SMILES string of the molecule is CCOCCOCc1cccc(CNC(=NC)NCc2ccccn2)c1.I. The van der Waals surface area contributed by atoms with Crippen LogP contribution >= 0.6 is 24.0 Å². The highest BCUT2D eigenvalue weighted by atomic mass is 127. The van der Waals surface area contributed by atoms with Crippen LogP contribution in [0.3, 0.4) is 0 Å². The minimum Gasteiger partial charge on any atom is -0.379 e. The van der Waals surface area contributed by atoms with E-state index in [0.29, 0.717) is 32.9 Å². The van der Waals surface area contributed by atoms with Crippen molar-refractivity contribution in [3.63, 3.8) is 0 Å². The fourth-order valence-corrected chi connectivity index (χ4v) is 2.36. The molecule has 0 fully saturated rings. The maximum Gasteiger partial charge on any atom is 0.191 e. The molecule has 0 amide bonds. The molecule has 1 aromatic carbocycles. The predicted molar refractivity (Wildman–Crippen MR) is 119 cm³/mol. The number of guanidine groups is 1. The smallest absolute Gasteiger partial charge is 0.191 e. The average Bonchev–Trinajstić information content (AvgIpc) is 2.69. The maximum absolute atomic E-state index is 5.62. The third kappa shape index (κ3) is 9.69. The van der Waals surface area contributed by atoms with Crippen molar-refractivity contribution in [1.82, 2.24) is 15.6 Å². The van der Waals surface area contributed by atoms with Gasteiger partial charge in [-0.2, -0.15) is 0 Å². The van der Waals surface area contributed by atoms with Crippen molar-refractivity contribution in [2.45, 2.75) is 26.6 Å². The third-order valence-electron chi connectivity index (χ3n) is 3.68. The summed E-state index contributed by atoms with van der Waals surface area (Å²) in [6, 6.07) is 14.2. The van der Waals surface area contributed by atoms with Gasteiger partial charge < -0.3 is 20.1 Å². The van der Waals surface area contributed by atoms with Crippen LogP contribution < -0.4 is 10.6 Å². The van der Waals surface area contributed by atoms with E-state index in [1.54, 1.807) is 13.2 Å². The van der Waals surface area contributed by atoms with Crippen LogP contribution in [0.5, 0.6) is 0 Å². The average molecular weight is 484 g/mol. The normalized spacial score (nSPS) is 11.0. The summed E-state index contributed by atoms with van der Waals surface area (Å²) in [5.41, 5.74) is 3.30. The van der Waals surface area contributed by atoms with Crippen molar-refractivity contribution in [1.29, 1.82) is 0 Å². The molecule has 7 heteroatoms. The monoisotopic (exact) mass is 484 g/mol. The van der Waals surface area contributed by atoms with E-state index in [1.165, 1.54) is 5.56 Å². The highest BCUT2D eigenvalue weighted by molar-refractivity contribution is 14.0. The number of benzene rings is 1. The van der Waals surface area contributed by atoms with Crippen molar-refractivity contribution in [3.05, 3.63) is 65.5 Å². The summed E-state index contributed by atoms with van der Waals surface area (Å²) in [5, 5.41) is 6.58. The Labute approximate surface area is 178 Å². The first-order valence-electron chi connectivity index (χ1n) is 8.89. The van der Waals surface area contributed by atoms with Gasteiger partial charge >= 0.3 is 0 Å². The predicted octanol–water partition coefficient (Wildman–Crippen LogP) is 3.12. The molecule has 148 valence electrons. The fraction of sp³-hybridized carbons (Fsp3) is 0.400. The summed E-state index contributed by atoms with van der Waals surface area (Å²) in [4.78, 5) is 8.54. The molecule has 0 radical (unpaired) electrons. The van der Waals surface area contributed by atoms with Gasteiger partial charge in [-0.15, -0.1) is 24.0 Å². The van der Waals surface area contributed by atoms with Crippen molar-refractivity contribution in [2.75, 3.05) is 26.9 Å². The zero-order chi connectivity index (χ0) is 18.5. The van der Waals surface area contributed by atoms with Crippen LogP contribution in [0.25, 0.3) is 0 Å². The Balaban J connectivity index is 0.00000364. The lowest BCUT2D eigenvalue weighted by Gasteiger charge is -2.12. The summed E-state index contributed by atoms with van der Waals surface area (Å²) in [7, 11) is 1.76. The molecule has 0 saturated carbocycles. The molecule has 0 unspecified atom stereocenters. The molecule has 0 saturated heterocycles. The molecule has 2 aromatic rings. The Kier molecular flexibility index (Phi) is 12.4. The van der Waals surface area contributed by atoms with E-state index in [4.69, 9.17) is 9.47 Å².